The number of benzene rings is 1. The Morgan fingerprint density at radius 1 is 1.38 bits per heavy atom. The van der Waals surface area contributed by atoms with Crippen molar-refractivity contribution in [2.24, 2.45) is 7.05 Å². The number of rotatable bonds is 4. The highest BCUT2D eigenvalue weighted by Gasteiger charge is 2.25. The highest BCUT2D eigenvalue weighted by molar-refractivity contribution is 6.31. The third-order valence-electron chi connectivity index (χ3n) is 3.84. The number of morpholine rings is 1. The van der Waals surface area contributed by atoms with Gasteiger partial charge in [-0.25, -0.2) is 0 Å². The first kappa shape index (κ1) is 14.5. The lowest BCUT2D eigenvalue weighted by atomic mass is 10.1. The van der Waals surface area contributed by atoms with E-state index < -0.39 is 0 Å². The van der Waals surface area contributed by atoms with Crippen molar-refractivity contribution >= 4 is 11.6 Å². The largest absolute Gasteiger partial charge is 0.368 e. The molecule has 0 saturated carbocycles. The molecule has 21 heavy (non-hydrogen) atoms. The number of hydrogen-bond donors (Lipinski definition) is 0. The van der Waals surface area contributed by atoms with E-state index in [1.165, 1.54) is 5.56 Å². The second kappa shape index (κ2) is 6.56. The van der Waals surface area contributed by atoms with E-state index in [0.29, 0.717) is 0 Å². The van der Waals surface area contributed by atoms with Crippen LogP contribution in [0.2, 0.25) is 5.02 Å². The molecule has 0 bridgehead atoms. The molecule has 1 aromatic heterocycles. The molecule has 1 unspecified atom stereocenters. The summed E-state index contributed by atoms with van der Waals surface area (Å²) in [4.78, 5) is 2.40. The van der Waals surface area contributed by atoms with Gasteiger partial charge in [-0.3, -0.25) is 4.90 Å². The van der Waals surface area contributed by atoms with E-state index >= 15 is 0 Å². The van der Waals surface area contributed by atoms with Gasteiger partial charge in [-0.2, -0.15) is 0 Å². The predicted molar refractivity (Wildman–Crippen MR) is 81.3 cm³/mol. The molecule has 1 aliphatic rings. The fourth-order valence-corrected chi connectivity index (χ4v) is 2.86. The summed E-state index contributed by atoms with van der Waals surface area (Å²) in [6, 6.07) is 8.02. The Morgan fingerprint density at radius 2 is 2.24 bits per heavy atom. The van der Waals surface area contributed by atoms with Crippen LogP contribution < -0.4 is 0 Å². The Morgan fingerprint density at radius 3 is 3.00 bits per heavy atom. The Bertz CT molecular complexity index is 601. The SMILES string of the molecule is Cn1cnnc1C1CN(CCc2ccccc2Cl)CCO1. The van der Waals surface area contributed by atoms with E-state index in [0.717, 1.165) is 43.5 Å². The van der Waals surface area contributed by atoms with Gasteiger partial charge in [0.2, 0.25) is 0 Å². The summed E-state index contributed by atoms with van der Waals surface area (Å²) in [6.07, 6.45) is 2.66. The van der Waals surface area contributed by atoms with Crippen molar-refractivity contribution in [2.45, 2.75) is 12.5 Å². The average molecular weight is 307 g/mol. The lowest BCUT2D eigenvalue weighted by Gasteiger charge is -2.32. The van der Waals surface area contributed by atoms with E-state index in [4.69, 9.17) is 16.3 Å². The van der Waals surface area contributed by atoms with E-state index in [1.807, 2.05) is 29.8 Å². The molecule has 3 rings (SSSR count). The van der Waals surface area contributed by atoms with E-state index in [1.54, 1.807) is 6.33 Å². The van der Waals surface area contributed by atoms with Gasteiger partial charge in [0, 0.05) is 31.7 Å². The quantitative estimate of drug-likeness (QED) is 0.867. The fraction of sp³-hybridized carbons (Fsp3) is 0.467. The van der Waals surface area contributed by atoms with Gasteiger partial charge < -0.3 is 9.30 Å². The van der Waals surface area contributed by atoms with E-state index in [2.05, 4.69) is 21.2 Å². The molecule has 0 N–H and O–H groups in total. The standard InChI is InChI=1S/C15H19ClN4O/c1-19-11-17-18-15(19)14-10-20(8-9-21-14)7-6-12-4-2-3-5-13(12)16/h2-5,11,14H,6-10H2,1H3. The van der Waals surface area contributed by atoms with Crippen LogP contribution in [0.5, 0.6) is 0 Å². The minimum absolute atomic E-state index is 0.00232. The molecular formula is C15H19ClN4O. The molecule has 5 nitrogen and oxygen atoms in total. The molecule has 1 saturated heterocycles. The highest BCUT2D eigenvalue weighted by Crippen LogP contribution is 2.21. The third kappa shape index (κ3) is 3.43. The first-order valence-electron chi connectivity index (χ1n) is 7.15. The molecule has 112 valence electrons. The van der Waals surface area contributed by atoms with Gasteiger partial charge in [-0.15, -0.1) is 10.2 Å². The second-order valence-electron chi connectivity index (χ2n) is 5.30. The van der Waals surface area contributed by atoms with Crippen molar-refractivity contribution in [3.8, 4) is 0 Å². The molecule has 6 heteroatoms. The number of nitrogens with zero attached hydrogens (tertiary/aromatic N) is 4. The monoisotopic (exact) mass is 306 g/mol. The van der Waals surface area contributed by atoms with Crippen LogP contribution in [-0.4, -0.2) is 45.9 Å². The zero-order valence-electron chi connectivity index (χ0n) is 12.1. The maximum atomic E-state index is 6.21. The van der Waals surface area contributed by atoms with E-state index in [-0.39, 0.29) is 6.10 Å². The summed E-state index contributed by atoms with van der Waals surface area (Å²) in [5.41, 5.74) is 1.20. The molecule has 2 aromatic rings. The number of aromatic nitrogens is 3. The Labute approximate surface area is 129 Å². The lowest BCUT2D eigenvalue weighted by Crippen LogP contribution is -2.40. The topological polar surface area (TPSA) is 43.2 Å². The molecule has 0 amide bonds. The Hall–Kier alpha value is -1.43. The molecule has 0 aliphatic carbocycles. The summed E-state index contributed by atoms with van der Waals surface area (Å²) in [5, 5.41) is 8.91. The Kier molecular flexibility index (Phi) is 4.53. The van der Waals surface area contributed by atoms with Gasteiger partial charge in [0.25, 0.3) is 0 Å². The van der Waals surface area contributed by atoms with Crippen LogP contribution in [0.1, 0.15) is 17.5 Å². The maximum Gasteiger partial charge on any atom is 0.163 e. The number of aryl methyl sites for hydroxylation is 1. The molecular weight excluding hydrogens is 288 g/mol. The van der Waals surface area contributed by atoms with Crippen LogP contribution in [0, 0.1) is 0 Å². The van der Waals surface area contributed by atoms with Gasteiger partial charge in [-0.05, 0) is 18.1 Å². The minimum atomic E-state index is -0.00232. The smallest absolute Gasteiger partial charge is 0.163 e. The molecule has 1 atom stereocenters. The summed E-state index contributed by atoms with van der Waals surface area (Å²) in [7, 11) is 1.95. The van der Waals surface area contributed by atoms with Crippen molar-refractivity contribution < 1.29 is 4.74 Å². The van der Waals surface area contributed by atoms with Gasteiger partial charge >= 0.3 is 0 Å². The molecule has 1 aromatic carbocycles. The fourth-order valence-electron chi connectivity index (χ4n) is 2.63. The Balaban J connectivity index is 1.59. The minimum Gasteiger partial charge on any atom is -0.368 e. The van der Waals surface area contributed by atoms with Crippen LogP contribution in [-0.2, 0) is 18.2 Å². The van der Waals surface area contributed by atoms with Crippen LogP contribution >= 0.6 is 11.6 Å². The first-order chi connectivity index (χ1) is 10.2. The van der Waals surface area contributed by atoms with Crippen molar-refractivity contribution in [3.05, 3.63) is 47.0 Å². The van der Waals surface area contributed by atoms with Gasteiger partial charge in [0.1, 0.15) is 12.4 Å². The predicted octanol–water partition coefficient (Wildman–Crippen LogP) is 2.08. The number of ether oxygens (including phenoxy) is 1. The van der Waals surface area contributed by atoms with Crippen LogP contribution in [0.15, 0.2) is 30.6 Å². The molecule has 2 heterocycles. The highest BCUT2D eigenvalue weighted by atomic mass is 35.5. The van der Waals surface area contributed by atoms with E-state index in [9.17, 15) is 0 Å². The summed E-state index contributed by atoms with van der Waals surface area (Å²) in [5.74, 6) is 0.887. The molecule has 1 aliphatic heterocycles. The average Bonchev–Trinajstić information content (AvgIpc) is 2.93. The normalized spacial score (nSPS) is 19.8. The summed E-state index contributed by atoms with van der Waals surface area (Å²) >= 11 is 6.21. The zero-order valence-corrected chi connectivity index (χ0v) is 12.8. The molecule has 0 spiro atoms. The molecule has 1 fully saturated rings. The van der Waals surface area contributed by atoms with Crippen LogP contribution in [0.3, 0.4) is 0 Å². The number of halogens is 1. The van der Waals surface area contributed by atoms with Gasteiger partial charge in [0.15, 0.2) is 5.82 Å². The number of hydrogen-bond acceptors (Lipinski definition) is 4. The summed E-state index contributed by atoms with van der Waals surface area (Å²) < 4.78 is 7.74. The van der Waals surface area contributed by atoms with Gasteiger partial charge in [0.05, 0.1) is 6.61 Å². The lowest BCUT2D eigenvalue weighted by molar-refractivity contribution is -0.0352. The van der Waals surface area contributed by atoms with Crippen molar-refractivity contribution in [2.75, 3.05) is 26.2 Å². The molecule has 0 radical (unpaired) electrons. The summed E-state index contributed by atoms with van der Waals surface area (Å²) in [6.45, 7) is 3.48. The van der Waals surface area contributed by atoms with Crippen molar-refractivity contribution in [3.63, 3.8) is 0 Å². The van der Waals surface area contributed by atoms with Crippen molar-refractivity contribution in [1.29, 1.82) is 0 Å². The van der Waals surface area contributed by atoms with Gasteiger partial charge in [-0.1, -0.05) is 29.8 Å². The van der Waals surface area contributed by atoms with Crippen LogP contribution in [0.4, 0.5) is 0 Å². The van der Waals surface area contributed by atoms with Crippen molar-refractivity contribution in [1.82, 2.24) is 19.7 Å². The van der Waals surface area contributed by atoms with Crippen LogP contribution in [0.25, 0.3) is 0 Å². The maximum absolute atomic E-state index is 6.21. The second-order valence-corrected chi connectivity index (χ2v) is 5.71. The third-order valence-corrected chi connectivity index (χ3v) is 4.21. The first-order valence-corrected chi connectivity index (χ1v) is 7.53. The zero-order chi connectivity index (χ0) is 14.7.